The van der Waals surface area contributed by atoms with E-state index >= 15 is 0 Å². The topological polar surface area (TPSA) is 45.8 Å². The number of nitrogens with one attached hydrogen (secondary N) is 1. The van der Waals surface area contributed by atoms with Crippen molar-refractivity contribution >= 4 is 22.5 Å². The molecule has 0 fully saturated rings. The van der Waals surface area contributed by atoms with Gasteiger partial charge in [0.15, 0.2) is 0 Å². The van der Waals surface area contributed by atoms with Gasteiger partial charge in [0.25, 0.3) is 5.56 Å². The van der Waals surface area contributed by atoms with E-state index in [0.717, 1.165) is 17.7 Å². The summed E-state index contributed by atoms with van der Waals surface area (Å²) in [6, 6.07) is 15.3. The van der Waals surface area contributed by atoms with Crippen LogP contribution in [0.5, 0.6) is 0 Å². The summed E-state index contributed by atoms with van der Waals surface area (Å²) in [5, 5.41) is 0.709. The second-order valence-corrected chi connectivity index (χ2v) is 7.07. The molecule has 1 heterocycles. The Morgan fingerprint density at radius 2 is 1.69 bits per heavy atom. The summed E-state index contributed by atoms with van der Waals surface area (Å²) in [6.07, 6.45) is -4.57. The molecule has 4 aromatic rings. The molecule has 3 aromatic carbocycles. The Bertz CT molecular complexity index is 1300. The van der Waals surface area contributed by atoms with Gasteiger partial charge in [0.2, 0.25) is 0 Å². The Morgan fingerprint density at radius 3 is 2.41 bits per heavy atom. The largest absolute Gasteiger partial charge is 0.416 e. The summed E-state index contributed by atoms with van der Waals surface area (Å²) in [6.45, 7) is 1.79. The van der Waals surface area contributed by atoms with Crippen LogP contribution < -0.4 is 5.56 Å². The van der Waals surface area contributed by atoms with Crippen molar-refractivity contribution in [1.29, 1.82) is 0 Å². The summed E-state index contributed by atoms with van der Waals surface area (Å²) in [7, 11) is 0. The Labute approximate surface area is 168 Å². The minimum Gasteiger partial charge on any atom is -0.306 e. The molecule has 0 radical (unpaired) electrons. The highest BCUT2D eigenvalue weighted by Crippen LogP contribution is 2.37. The number of hydrogen-bond acceptors (Lipinski definition) is 2. The van der Waals surface area contributed by atoms with Crippen LogP contribution in [0.4, 0.5) is 13.2 Å². The lowest BCUT2D eigenvalue weighted by Crippen LogP contribution is -2.11. The molecule has 29 heavy (non-hydrogen) atoms. The zero-order valence-corrected chi connectivity index (χ0v) is 15.9. The quantitative estimate of drug-likeness (QED) is 0.422. The van der Waals surface area contributed by atoms with E-state index < -0.39 is 17.3 Å². The maximum absolute atomic E-state index is 13.6. The normalized spacial score (nSPS) is 11.8. The SMILES string of the molecule is Cc1cccc2c(=O)[nH]c(-c3cc(-c4ccccc4Cl)cc(C(F)(F)F)c3)nc12. The van der Waals surface area contributed by atoms with E-state index in [-0.39, 0.29) is 17.0 Å². The number of para-hydroxylation sites is 1. The summed E-state index contributed by atoms with van der Waals surface area (Å²) in [5.74, 6) is 0.0659. The Balaban J connectivity index is 2.00. The van der Waals surface area contributed by atoms with E-state index in [1.807, 2.05) is 0 Å². The summed E-state index contributed by atoms with van der Waals surface area (Å²) >= 11 is 6.19. The number of aromatic nitrogens is 2. The van der Waals surface area contributed by atoms with Gasteiger partial charge in [0, 0.05) is 16.1 Å². The van der Waals surface area contributed by atoms with Gasteiger partial charge < -0.3 is 4.98 Å². The van der Waals surface area contributed by atoms with Crippen LogP contribution in [-0.2, 0) is 6.18 Å². The van der Waals surface area contributed by atoms with Crippen molar-refractivity contribution in [2.24, 2.45) is 0 Å². The molecule has 0 aliphatic heterocycles. The van der Waals surface area contributed by atoms with E-state index in [4.69, 9.17) is 11.6 Å². The van der Waals surface area contributed by atoms with E-state index in [1.165, 1.54) is 0 Å². The highest BCUT2D eigenvalue weighted by atomic mass is 35.5. The third-order valence-electron chi connectivity index (χ3n) is 4.66. The molecule has 0 bridgehead atoms. The molecule has 0 amide bonds. The molecule has 4 rings (SSSR count). The summed E-state index contributed by atoms with van der Waals surface area (Å²) < 4.78 is 40.7. The van der Waals surface area contributed by atoms with Gasteiger partial charge in [-0.05, 0) is 48.4 Å². The van der Waals surface area contributed by atoms with Crippen LogP contribution in [0.2, 0.25) is 5.02 Å². The van der Waals surface area contributed by atoms with Gasteiger partial charge in [0.05, 0.1) is 16.5 Å². The Morgan fingerprint density at radius 1 is 0.966 bits per heavy atom. The van der Waals surface area contributed by atoms with Gasteiger partial charge in [0.1, 0.15) is 5.82 Å². The van der Waals surface area contributed by atoms with Crippen molar-refractivity contribution in [3.8, 4) is 22.5 Å². The third kappa shape index (κ3) is 3.63. The van der Waals surface area contributed by atoms with E-state index in [0.29, 0.717) is 21.5 Å². The van der Waals surface area contributed by atoms with Crippen LogP contribution in [0.3, 0.4) is 0 Å². The molecule has 3 nitrogen and oxygen atoms in total. The molecule has 0 aliphatic carbocycles. The van der Waals surface area contributed by atoms with Crippen LogP contribution in [0, 0.1) is 6.92 Å². The first-order valence-corrected chi connectivity index (χ1v) is 9.09. The summed E-state index contributed by atoms with van der Waals surface area (Å²) in [4.78, 5) is 19.5. The lowest BCUT2D eigenvalue weighted by molar-refractivity contribution is -0.137. The number of nitrogens with zero attached hydrogens (tertiary/aromatic N) is 1. The predicted molar refractivity (Wildman–Crippen MR) is 108 cm³/mol. The second-order valence-electron chi connectivity index (χ2n) is 6.66. The number of benzene rings is 3. The predicted octanol–water partition coefficient (Wildman–Crippen LogP) is 6.24. The van der Waals surface area contributed by atoms with Crippen molar-refractivity contribution in [3.05, 3.63) is 87.2 Å². The first kappa shape index (κ1) is 19.2. The molecule has 7 heteroatoms. The van der Waals surface area contributed by atoms with E-state index in [2.05, 4.69) is 9.97 Å². The van der Waals surface area contributed by atoms with Gasteiger partial charge in [-0.25, -0.2) is 4.98 Å². The average Bonchev–Trinajstić information content (AvgIpc) is 2.68. The monoisotopic (exact) mass is 414 g/mol. The molecular formula is C22H14ClF3N2O. The fourth-order valence-electron chi connectivity index (χ4n) is 3.22. The number of fused-ring (bicyclic) bond motifs is 1. The number of aryl methyl sites for hydroxylation is 1. The average molecular weight is 415 g/mol. The van der Waals surface area contributed by atoms with Gasteiger partial charge in [-0.2, -0.15) is 13.2 Å². The van der Waals surface area contributed by atoms with Crippen molar-refractivity contribution in [3.63, 3.8) is 0 Å². The molecule has 0 aliphatic rings. The minimum atomic E-state index is -4.57. The second kappa shape index (κ2) is 7.04. The smallest absolute Gasteiger partial charge is 0.306 e. The maximum Gasteiger partial charge on any atom is 0.416 e. The fourth-order valence-corrected chi connectivity index (χ4v) is 3.47. The van der Waals surface area contributed by atoms with Crippen LogP contribution in [0.15, 0.2) is 65.5 Å². The van der Waals surface area contributed by atoms with Crippen molar-refractivity contribution in [1.82, 2.24) is 9.97 Å². The van der Waals surface area contributed by atoms with Gasteiger partial charge >= 0.3 is 6.18 Å². The third-order valence-corrected chi connectivity index (χ3v) is 4.99. The fraction of sp³-hybridized carbons (Fsp3) is 0.0909. The Kier molecular flexibility index (Phi) is 4.67. The molecule has 1 aromatic heterocycles. The molecule has 146 valence electrons. The molecule has 0 atom stereocenters. The van der Waals surface area contributed by atoms with Crippen molar-refractivity contribution < 1.29 is 13.2 Å². The molecule has 0 saturated carbocycles. The molecular weight excluding hydrogens is 401 g/mol. The lowest BCUT2D eigenvalue weighted by Gasteiger charge is -2.13. The van der Waals surface area contributed by atoms with E-state index in [1.54, 1.807) is 55.5 Å². The summed E-state index contributed by atoms with van der Waals surface area (Å²) in [5.41, 5.74) is 0.838. The molecule has 0 spiro atoms. The zero-order valence-electron chi connectivity index (χ0n) is 15.1. The number of aromatic amines is 1. The number of rotatable bonds is 2. The maximum atomic E-state index is 13.6. The van der Waals surface area contributed by atoms with E-state index in [9.17, 15) is 18.0 Å². The van der Waals surface area contributed by atoms with Crippen molar-refractivity contribution in [2.45, 2.75) is 13.1 Å². The minimum absolute atomic E-state index is 0.0659. The lowest BCUT2D eigenvalue weighted by atomic mass is 9.99. The highest BCUT2D eigenvalue weighted by molar-refractivity contribution is 6.33. The van der Waals surface area contributed by atoms with Crippen molar-refractivity contribution in [2.75, 3.05) is 0 Å². The Hall–Kier alpha value is -3.12. The zero-order chi connectivity index (χ0) is 20.8. The number of hydrogen-bond donors (Lipinski definition) is 1. The molecule has 1 N–H and O–H groups in total. The van der Waals surface area contributed by atoms with Crippen LogP contribution in [-0.4, -0.2) is 9.97 Å². The van der Waals surface area contributed by atoms with Crippen LogP contribution in [0.1, 0.15) is 11.1 Å². The molecule has 0 saturated heterocycles. The molecule has 0 unspecified atom stereocenters. The highest BCUT2D eigenvalue weighted by Gasteiger charge is 2.31. The number of alkyl halides is 3. The first-order valence-electron chi connectivity index (χ1n) is 8.71. The van der Waals surface area contributed by atoms with Gasteiger partial charge in [-0.1, -0.05) is 41.9 Å². The van der Waals surface area contributed by atoms with Crippen LogP contribution >= 0.6 is 11.6 Å². The van der Waals surface area contributed by atoms with Crippen LogP contribution in [0.25, 0.3) is 33.4 Å². The first-order chi connectivity index (χ1) is 13.7. The standard InChI is InChI=1S/C22H14ClF3N2O/c1-12-5-4-7-17-19(12)27-20(28-21(17)29)14-9-13(10-15(11-14)22(24,25)26)16-6-2-3-8-18(16)23/h2-11H,1H3,(H,27,28,29). The number of H-pyrrole nitrogens is 1. The van der Waals surface area contributed by atoms with Gasteiger partial charge in [-0.15, -0.1) is 0 Å². The van der Waals surface area contributed by atoms with Gasteiger partial charge in [-0.3, -0.25) is 4.79 Å². The number of halogens is 4.